The Balaban J connectivity index is 2.36. The molecule has 0 aliphatic rings. The summed E-state index contributed by atoms with van der Waals surface area (Å²) >= 11 is 3.15. The van der Waals surface area contributed by atoms with Gasteiger partial charge in [-0.15, -0.1) is 0 Å². The van der Waals surface area contributed by atoms with Crippen LogP contribution in [0.1, 0.15) is 24.5 Å². The molecule has 7 heteroatoms. The zero-order chi connectivity index (χ0) is 12.4. The lowest BCUT2D eigenvalue weighted by Crippen LogP contribution is -2.25. The van der Waals surface area contributed by atoms with Gasteiger partial charge in [0.25, 0.3) is 5.56 Å². The van der Waals surface area contributed by atoms with Gasteiger partial charge in [0.2, 0.25) is 5.89 Å². The molecule has 0 saturated heterocycles. The summed E-state index contributed by atoms with van der Waals surface area (Å²) < 4.78 is 6.90. The Morgan fingerprint density at radius 3 is 2.94 bits per heavy atom. The first kappa shape index (κ1) is 12.0. The highest BCUT2D eigenvalue weighted by Crippen LogP contribution is 2.04. The van der Waals surface area contributed by atoms with Crippen molar-refractivity contribution in [2.24, 2.45) is 0 Å². The molecule has 90 valence electrons. The highest BCUT2D eigenvalue weighted by atomic mass is 79.9. The molecule has 6 nitrogen and oxygen atoms in total. The van der Waals surface area contributed by atoms with Crippen molar-refractivity contribution >= 4 is 15.9 Å². The quantitative estimate of drug-likeness (QED) is 0.854. The standard InChI is InChI=1S/C10H11BrN4O2/c1-3-9-13-8(14-17-9)5-15-6(2)12-4-7(11)10(15)16/h4H,3,5H2,1-2H3. The van der Waals surface area contributed by atoms with Crippen LogP contribution in [0.4, 0.5) is 0 Å². The summed E-state index contributed by atoms with van der Waals surface area (Å²) in [6.45, 7) is 3.95. The van der Waals surface area contributed by atoms with Crippen LogP contribution in [0.25, 0.3) is 0 Å². The SMILES string of the molecule is CCc1nc(Cn2c(C)ncc(Br)c2=O)no1. The van der Waals surface area contributed by atoms with E-state index in [0.717, 1.165) is 0 Å². The van der Waals surface area contributed by atoms with Gasteiger partial charge in [-0.2, -0.15) is 4.98 Å². The monoisotopic (exact) mass is 298 g/mol. The predicted octanol–water partition coefficient (Wildman–Crippen LogP) is 1.31. The molecular weight excluding hydrogens is 288 g/mol. The third kappa shape index (κ3) is 2.44. The minimum atomic E-state index is -0.152. The summed E-state index contributed by atoms with van der Waals surface area (Å²) in [5.74, 6) is 1.65. The molecule has 0 saturated carbocycles. The second-order valence-corrected chi connectivity index (χ2v) is 4.36. The maximum atomic E-state index is 11.9. The van der Waals surface area contributed by atoms with E-state index in [1.54, 1.807) is 6.92 Å². The van der Waals surface area contributed by atoms with Crippen molar-refractivity contribution in [3.8, 4) is 0 Å². The van der Waals surface area contributed by atoms with E-state index in [-0.39, 0.29) is 12.1 Å². The van der Waals surface area contributed by atoms with E-state index in [9.17, 15) is 4.79 Å². The summed E-state index contributed by atoms with van der Waals surface area (Å²) in [7, 11) is 0. The third-order valence-electron chi connectivity index (χ3n) is 2.32. The van der Waals surface area contributed by atoms with Crippen LogP contribution in [-0.4, -0.2) is 19.7 Å². The number of aromatic nitrogens is 4. The topological polar surface area (TPSA) is 73.8 Å². The van der Waals surface area contributed by atoms with Crippen LogP contribution < -0.4 is 5.56 Å². The number of nitrogens with zero attached hydrogens (tertiary/aromatic N) is 4. The van der Waals surface area contributed by atoms with Gasteiger partial charge < -0.3 is 4.52 Å². The lowest BCUT2D eigenvalue weighted by molar-refractivity contribution is 0.375. The first-order valence-corrected chi connectivity index (χ1v) is 5.94. The van der Waals surface area contributed by atoms with Crippen LogP contribution in [-0.2, 0) is 13.0 Å². The molecule has 0 spiro atoms. The van der Waals surface area contributed by atoms with Crippen LogP contribution >= 0.6 is 15.9 Å². The molecule has 2 aromatic heterocycles. The summed E-state index contributed by atoms with van der Waals surface area (Å²) in [6.07, 6.45) is 2.17. The maximum absolute atomic E-state index is 11.9. The van der Waals surface area contributed by atoms with Crippen LogP contribution in [0.3, 0.4) is 0 Å². The molecule has 0 aliphatic carbocycles. The van der Waals surface area contributed by atoms with Crippen molar-refractivity contribution in [1.29, 1.82) is 0 Å². The molecule has 0 amide bonds. The van der Waals surface area contributed by atoms with E-state index in [1.165, 1.54) is 10.8 Å². The maximum Gasteiger partial charge on any atom is 0.268 e. The highest BCUT2D eigenvalue weighted by Gasteiger charge is 2.10. The second kappa shape index (κ2) is 4.79. The van der Waals surface area contributed by atoms with Crippen LogP contribution in [0.2, 0.25) is 0 Å². The molecule has 0 aromatic carbocycles. The molecule has 0 aliphatic heterocycles. The van der Waals surface area contributed by atoms with Gasteiger partial charge in [-0.25, -0.2) is 4.98 Å². The Morgan fingerprint density at radius 1 is 1.53 bits per heavy atom. The largest absolute Gasteiger partial charge is 0.339 e. The number of rotatable bonds is 3. The fourth-order valence-corrected chi connectivity index (χ4v) is 1.69. The fourth-order valence-electron chi connectivity index (χ4n) is 1.38. The van der Waals surface area contributed by atoms with Gasteiger partial charge in [-0.05, 0) is 22.9 Å². The average Bonchev–Trinajstić information content (AvgIpc) is 2.77. The Kier molecular flexibility index (Phi) is 3.37. The Bertz CT molecular complexity index is 590. The molecule has 0 radical (unpaired) electrons. The minimum absolute atomic E-state index is 0.152. The number of hydrogen-bond donors (Lipinski definition) is 0. The molecule has 2 aromatic rings. The number of hydrogen-bond acceptors (Lipinski definition) is 5. The first-order valence-electron chi connectivity index (χ1n) is 5.15. The number of halogens is 1. The van der Waals surface area contributed by atoms with Crippen molar-refractivity contribution in [1.82, 2.24) is 19.7 Å². The summed E-state index contributed by atoms with van der Waals surface area (Å²) in [5, 5.41) is 3.81. The van der Waals surface area contributed by atoms with Crippen molar-refractivity contribution < 1.29 is 4.52 Å². The van der Waals surface area contributed by atoms with E-state index in [4.69, 9.17) is 4.52 Å². The molecule has 0 N–H and O–H groups in total. The Morgan fingerprint density at radius 2 is 2.29 bits per heavy atom. The minimum Gasteiger partial charge on any atom is -0.339 e. The van der Waals surface area contributed by atoms with E-state index in [2.05, 4.69) is 31.1 Å². The molecule has 0 bridgehead atoms. The predicted molar refractivity (Wildman–Crippen MR) is 63.7 cm³/mol. The average molecular weight is 299 g/mol. The fraction of sp³-hybridized carbons (Fsp3) is 0.400. The third-order valence-corrected chi connectivity index (χ3v) is 2.86. The van der Waals surface area contributed by atoms with E-state index in [1.807, 2.05) is 6.92 Å². The van der Waals surface area contributed by atoms with Gasteiger partial charge in [0.05, 0.1) is 6.54 Å². The van der Waals surface area contributed by atoms with Gasteiger partial charge in [0.15, 0.2) is 5.82 Å². The Hall–Kier alpha value is -1.50. The lowest BCUT2D eigenvalue weighted by atomic mass is 10.4. The molecule has 0 fully saturated rings. The summed E-state index contributed by atoms with van der Waals surface area (Å²) in [5.41, 5.74) is -0.152. The zero-order valence-electron chi connectivity index (χ0n) is 9.47. The molecule has 2 rings (SSSR count). The van der Waals surface area contributed by atoms with Crippen molar-refractivity contribution in [3.05, 3.63) is 38.6 Å². The van der Waals surface area contributed by atoms with E-state index in [0.29, 0.717) is 28.4 Å². The zero-order valence-corrected chi connectivity index (χ0v) is 11.1. The van der Waals surface area contributed by atoms with Gasteiger partial charge >= 0.3 is 0 Å². The lowest BCUT2D eigenvalue weighted by Gasteiger charge is -2.05. The summed E-state index contributed by atoms with van der Waals surface area (Å²) in [6, 6.07) is 0. The molecule has 0 atom stereocenters. The van der Waals surface area contributed by atoms with E-state index < -0.39 is 0 Å². The second-order valence-electron chi connectivity index (χ2n) is 3.50. The molecular formula is C10H11BrN4O2. The highest BCUT2D eigenvalue weighted by molar-refractivity contribution is 9.10. The molecule has 0 unspecified atom stereocenters. The first-order chi connectivity index (χ1) is 8.11. The van der Waals surface area contributed by atoms with Crippen LogP contribution in [0.5, 0.6) is 0 Å². The normalized spacial score (nSPS) is 10.8. The smallest absolute Gasteiger partial charge is 0.268 e. The van der Waals surface area contributed by atoms with Gasteiger partial charge in [0.1, 0.15) is 10.3 Å². The molecule has 17 heavy (non-hydrogen) atoms. The van der Waals surface area contributed by atoms with Crippen molar-refractivity contribution in [3.63, 3.8) is 0 Å². The molecule has 2 heterocycles. The van der Waals surface area contributed by atoms with Crippen molar-refractivity contribution in [2.75, 3.05) is 0 Å². The van der Waals surface area contributed by atoms with Gasteiger partial charge in [-0.3, -0.25) is 9.36 Å². The van der Waals surface area contributed by atoms with Crippen molar-refractivity contribution in [2.45, 2.75) is 26.8 Å². The van der Waals surface area contributed by atoms with E-state index >= 15 is 0 Å². The summed E-state index contributed by atoms with van der Waals surface area (Å²) in [4.78, 5) is 20.1. The van der Waals surface area contributed by atoms with Crippen LogP contribution in [0.15, 0.2) is 20.0 Å². The van der Waals surface area contributed by atoms with Gasteiger partial charge in [-0.1, -0.05) is 12.1 Å². The Labute approximate surface area is 106 Å². The van der Waals surface area contributed by atoms with Gasteiger partial charge in [0, 0.05) is 12.6 Å². The number of aryl methyl sites for hydroxylation is 2. The van der Waals surface area contributed by atoms with Crippen LogP contribution in [0, 0.1) is 6.92 Å².